The molecule has 0 radical (unpaired) electrons. The van der Waals surface area contributed by atoms with Crippen LogP contribution < -0.4 is 9.30 Å². The lowest BCUT2D eigenvalue weighted by Gasteiger charge is -2.06. The van der Waals surface area contributed by atoms with Crippen molar-refractivity contribution in [3.8, 4) is 5.75 Å². The second-order valence-corrected chi connectivity index (χ2v) is 4.62. The van der Waals surface area contributed by atoms with Crippen molar-refractivity contribution in [1.82, 2.24) is 4.57 Å². The topological polar surface area (TPSA) is 44.3 Å². The highest BCUT2D eigenvalue weighted by atomic mass is 16.5. The first-order valence-corrected chi connectivity index (χ1v) is 6.69. The van der Waals surface area contributed by atoms with Crippen LogP contribution in [0.2, 0.25) is 0 Å². The van der Waals surface area contributed by atoms with Gasteiger partial charge in [0.2, 0.25) is 6.33 Å². The molecule has 1 aromatic heterocycles. The van der Waals surface area contributed by atoms with Gasteiger partial charge in [-0.25, -0.2) is 13.9 Å². The Balaban J connectivity index is 1.76. The molecule has 0 fully saturated rings. The minimum atomic E-state index is -0.421. The number of imidazole rings is 1. The summed E-state index contributed by atoms with van der Waals surface area (Å²) < 4.78 is 14.7. The largest absolute Gasteiger partial charge is 0.489 e. The first-order valence-electron chi connectivity index (χ1n) is 6.69. The predicted octanol–water partition coefficient (Wildman–Crippen LogP) is 1.62. The van der Waals surface area contributed by atoms with Gasteiger partial charge >= 0.3 is 5.97 Å². The maximum atomic E-state index is 11.0. The van der Waals surface area contributed by atoms with Crippen molar-refractivity contribution in [2.45, 2.75) is 13.2 Å². The van der Waals surface area contributed by atoms with Gasteiger partial charge in [0.25, 0.3) is 0 Å². The highest BCUT2D eigenvalue weighted by Crippen LogP contribution is 2.13. The predicted molar refractivity (Wildman–Crippen MR) is 77.5 cm³/mol. The maximum absolute atomic E-state index is 11.0. The van der Waals surface area contributed by atoms with Crippen LogP contribution in [-0.2, 0) is 29.7 Å². The van der Waals surface area contributed by atoms with Crippen LogP contribution in [0.5, 0.6) is 5.75 Å². The second-order valence-electron chi connectivity index (χ2n) is 4.62. The summed E-state index contributed by atoms with van der Waals surface area (Å²) in [6.45, 7) is 4.98. The number of carbonyl (C=O) groups excluding carboxylic acids is 1. The molecule has 1 heterocycles. The number of aromatic nitrogens is 2. The average Bonchev–Trinajstić information content (AvgIpc) is 2.91. The van der Waals surface area contributed by atoms with Gasteiger partial charge in [-0.2, -0.15) is 0 Å². The van der Waals surface area contributed by atoms with E-state index in [2.05, 4.69) is 11.1 Å². The average molecular weight is 287 g/mol. The Labute approximate surface area is 124 Å². The fourth-order valence-corrected chi connectivity index (χ4v) is 1.80. The first kappa shape index (κ1) is 14.8. The monoisotopic (exact) mass is 287 g/mol. The van der Waals surface area contributed by atoms with E-state index in [4.69, 9.17) is 9.47 Å². The van der Waals surface area contributed by atoms with Crippen LogP contribution >= 0.6 is 0 Å². The van der Waals surface area contributed by atoms with Crippen molar-refractivity contribution in [3.05, 3.63) is 61.2 Å². The molecule has 0 atom stereocenters. The third kappa shape index (κ3) is 4.80. The fraction of sp³-hybridized carbons (Fsp3) is 0.250. The van der Waals surface area contributed by atoms with E-state index in [1.807, 2.05) is 54.6 Å². The Morgan fingerprint density at radius 2 is 2.14 bits per heavy atom. The molecule has 0 spiro atoms. The Morgan fingerprint density at radius 1 is 1.38 bits per heavy atom. The lowest BCUT2D eigenvalue weighted by atomic mass is 10.2. The van der Waals surface area contributed by atoms with E-state index in [9.17, 15) is 4.79 Å². The molecule has 0 saturated carbocycles. The molecule has 2 rings (SSSR count). The molecule has 0 amide bonds. The Hall–Kier alpha value is -2.56. The zero-order chi connectivity index (χ0) is 15.1. The molecule has 110 valence electrons. The summed E-state index contributed by atoms with van der Waals surface area (Å²) in [5, 5.41) is 0. The number of rotatable bonds is 7. The van der Waals surface area contributed by atoms with Crippen LogP contribution in [0.4, 0.5) is 0 Å². The van der Waals surface area contributed by atoms with E-state index < -0.39 is 5.97 Å². The number of aryl methyl sites for hydroxylation is 1. The van der Waals surface area contributed by atoms with Crippen LogP contribution in [-0.4, -0.2) is 17.1 Å². The third-order valence-corrected chi connectivity index (χ3v) is 2.91. The standard InChI is InChI=1S/C16H19N2O3/c1-3-16(19)21-12-14-4-6-15(7-5-14)20-11-10-18-9-8-17(2)13-18/h3-9,13H,1,10-12H2,2H3/q+1. The number of benzene rings is 1. The zero-order valence-electron chi connectivity index (χ0n) is 12.1. The minimum Gasteiger partial charge on any atom is -0.489 e. The van der Waals surface area contributed by atoms with Crippen LogP contribution in [0.25, 0.3) is 0 Å². The number of nitrogens with zero attached hydrogens (tertiary/aromatic N) is 2. The molecule has 0 bridgehead atoms. The van der Waals surface area contributed by atoms with Crippen molar-refractivity contribution in [3.63, 3.8) is 0 Å². The lowest BCUT2D eigenvalue weighted by molar-refractivity contribution is -0.671. The molecule has 0 N–H and O–H groups in total. The van der Waals surface area contributed by atoms with E-state index in [0.717, 1.165) is 23.9 Å². The van der Waals surface area contributed by atoms with E-state index in [1.165, 1.54) is 0 Å². The van der Waals surface area contributed by atoms with Crippen LogP contribution in [0.15, 0.2) is 55.6 Å². The summed E-state index contributed by atoms with van der Waals surface area (Å²) in [5.74, 6) is 0.376. The minimum absolute atomic E-state index is 0.241. The Kier molecular flexibility index (Phi) is 5.15. The molecular weight excluding hydrogens is 268 g/mol. The van der Waals surface area contributed by atoms with Gasteiger partial charge in [0.1, 0.15) is 37.9 Å². The smallest absolute Gasteiger partial charge is 0.330 e. The van der Waals surface area contributed by atoms with Crippen molar-refractivity contribution >= 4 is 5.97 Å². The number of carbonyl (C=O) groups is 1. The molecule has 0 aliphatic heterocycles. The van der Waals surface area contributed by atoms with Crippen molar-refractivity contribution < 1.29 is 18.8 Å². The van der Waals surface area contributed by atoms with Crippen molar-refractivity contribution in [2.75, 3.05) is 6.61 Å². The van der Waals surface area contributed by atoms with Gasteiger partial charge in [-0.05, 0) is 17.7 Å². The SMILES string of the molecule is C=CC(=O)OCc1ccc(OCCn2cc[n+](C)c2)cc1. The van der Waals surface area contributed by atoms with Gasteiger partial charge in [0.05, 0.1) is 7.05 Å². The molecule has 0 aliphatic rings. The first-order chi connectivity index (χ1) is 10.2. The van der Waals surface area contributed by atoms with Crippen LogP contribution in [0.3, 0.4) is 0 Å². The molecule has 5 heteroatoms. The quantitative estimate of drug-likeness (QED) is 0.441. The number of ether oxygens (including phenoxy) is 2. The molecule has 2 aromatic rings. The second kappa shape index (κ2) is 7.28. The number of hydrogen-bond donors (Lipinski definition) is 0. The van der Waals surface area contributed by atoms with E-state index >= 15 is 0 Å². The van der Waals surface area contributed by atoms with E-state index in [0.29, 0.717) is 6.61 Å². The fourth-order valence-electron chi connectivity index (χ4n) is 1.80. The van der Waals surface area contributed by atoms with Crippen molar-refractivity contribution in [2.24, 2.45) is 7.05 Å². The van der Waals surface area contributed by atoms with Gasteiger partial charge in [-0.15, -0.1) is 0 Å². The highest BCUT2D eigenvalue weighted by Gasteiger charge is 2.02. The number of esters is 1. The molecular formula is C16H19N2O3+. The highest BCUT2D eigenvalue weighted by molar-refractivity contribution is 5.81. The molecule has 21 heavy (non-hydrogen) atoms. The van der Waals surface area contributed by atoms with Gasteiger partial charge in [0.15, 0.2) is 0 Å². The molecule has 1 aromatic carbocycles. The molecule has 0 saturated heterocycles. The summed E-state index contributed by atoms with van der Waals surface area (Å²) in [4.78, 5) is 11.0. The normalized spacial score (nSPS) is 10.1. The summed E-state index contributed by atoms with van der Waals surface area (Å²) in [5.41, 5.74) is 0.912. The summed E-state index contributed by atoms with van der Waals surface area (Å²) in [7, 11) is 1.98. The van der Waals surface area contributed by atoms with Gasteiger partial charge < -0.3 is 9.47 Å². The van der Waals surface area contributed by atoms with Crippen LogP contribution in [0, 0.1) is 0 Å². The molecule has 0 aliphatic carbocycles. The van der Waals surface area contributed by atoms with E-state index in [1.54, 1.807) is 0 Å². The maximum Gasteiger partial charge on any atom is 0.330 e. The van der Waals surface area contributed by atoms with Crippen molar-refractivity contribution in [1.29, 1.82) is 0 Å². The Bertz CT molecular complexity index is 602. The zero-order valence-corrected chi connectivity index (χ0v) is 12.1. The molecule has 5 nitrogen and oxygen atoms in total. The third-order valence-electron chi connectivity index (χ3n) is 2.91. The summed E-state index contributed by atoms with van der Waals surface area (Å²) >= 11 is 0. The summed E-state index contributed by atoms with van der Waals surface area (Å²) in [6.07, 6.45) is 7.14. The summed E-state index contributed by atoms with van der Waals surface area (Å²) in [6, 6.07) is 7.49. The van der Waals surface area contributed by atoms with Gasteiger partial charge in [-0.3, -0.25) is 0 Å². The number of hydrogen-bond acceptors (Lipinski definition) is 3. The lowest BCUT2D eigenvalue weighted by Crippen LogP contribution is -2.24. The molecule has 0 unspecified atom stereocenters. The van der Waals surface area contributed by atoms with E-state index in [-0.39, 0.29) is 6.61 Å². The van der Waals surface area contributed by atoms with Gasteiger partial charge in [-0.1, -0.05) is 18.7 Å². The van der Waals surface area contributed by atoms with Gasteiger partial charge in [0, 0.05) is 6.08 Å². The van der Waals surface area contributed by atoms with Crippen LogP contribution in [0.1, 0.15) is 5.56 Å². The Morgan fingerprint density at radius 3 is 2.76 bits per heavy atom.